The first-order chi connectivity index (χ1) is 7.50. The van der Waals surface area contributed by atoms with Gasteiger partial charge in [0.25, 0.3) is 6.43 Å². The number of halogens is 3. The van der Waals surface area contributed by atoms with Crippen LogP contribution >= 0.6 is 27.3 Å². The maximum Gasteiger partial charge on any atom is 0.261 e. The Morgan fingerprint density at radius 2 is 2.25 bits per heavy atom. The van der Waals surface area contributed by atoms with Crippen LogP contribution in [0.3, 0.4) is 0 Å². The molecule has 6 heteroatoms. The number of thiophene rings is 1. The van der Waals surface area contributed by atoms with Crippen LogP contribution in [0.5, 0.6) is 0 Å². The number of ether oxygens (including phenoxy) is 1. The van der Waals surface area contributed by atoms with Gasteiger partial charge in [-0.25, -0.2) is 8.78 Å². The van der Waals surface area contributed by atoms with Crippen molar-refractivity contribution in [3.05, 3.63) is 20.3 Å². The van der Waals surface area contributed by atoms with E-state index >= 15 is 0 Å². The molecule has 0 aliphatic carbocycles. The van der Waals surface area contributed by atoms with Gasteiger partial charge in [-0.2, -0.15) is 0 Å². The zero-order chi connectivity index (χ0) is 12.1. The lowest BCUT2D eigenvalue weighted by Gasteiger charge is -2.10. The number of alkyl halides is 2. The molecule has 92 valence electrons. The predicted molar refractivity (Wildman–Crippen MR) is 65.1 cm³/mol. The highest BCUT2D eigenvalue weighted by Gasteiger charge is 2.13. The molecule has 1 aromatic rings. The molecular formula is C10H14BrF2NOS. The Bertz CT molecular complexity index is 333. The second-order valence-electron chi connectivity index (χ2n) is 3.43. The molecule has 0 amide bonds. The third-order valence-corrected chi connectivity index (χ3v) is 4.09. The zero-order valence-corrected chi connectivity index (χ0v) is 11.3. The number of aryl methyl sites for hydroxylation is 1. The van der Waals surface area contributed by atoms with Crippen LogP contribution in [0.25, 0.3) is 0 Å². The van der Waals surface area contributed by atoms with Gasteiger partial charge in [0.05, 0.1) is 0 Å². The fourth-order valence-corrected chi connectivity index (χ4v) is 3.25. The van der Waals surface area contributed by atoms with Gasteiger partial charge in [-0.15, -0.1) is 11.3 Å². The Balaban J connectivity index is 2.35. The summed E-state index contributed by atoms with van der Waals surface area (Å²) in [4.78, 5) is 2.21. The van der Waals surface area contributed by atoms with Gasteiger partial charge in [0.1, 0.15) is 6.61 Å². The summed E-state index contributed by atoms with van der Waals surface area (Å²) in [5.74, 6) is 0. The first-order valence-electron chi connectivity index (χ1n) is 4.88. The molecule has 0 aromatic carbocycles. The quantitative estimate of drug-likeness (QED) is 0.816. The second kappa shape index (κ2) is 6.64. The summed E-state index contributed by atoms with van der Waals surface area (Å²) < 4.78 is 29.4. The van der Waals surface area contributed by atoms with E-state index in [0.717, 1.165) is 9.35 Å². The van der Waals surface area contributed by atoms with E-state index in [9.17, 15) is 8.78 Å². The molecule has 0 fully saturated rings. The molecule has 2 N–H and O–H groups in total. The lowest BCUT2D eigenvalue weighted by molar-refractivity contribution is 0.0153. The molecule has 0 radical (unpaired) electrons. The normalized spacial score (nSPS) is 13.4. The van der Waals surface area contributed by atoms with Crippen molar-refractivity contribution in [2.24, 2.45) is 5.73 Å². The summed E-state index contributed by atoms with van der Waals surface area (Å²) in [5.41, 5.74) is 5.94. The molecule has 0 spiro atoms. The Morgan fingerprint density at radius 3 is 2.75 bits per heavy atom. The average molecular weight is 314 g/mol. The summed E-state index contributed by atoms with van der Waals surface area (Å²) in [5, 5.41) is 0. The molecule has 1 rings (SSSR count). The van der Waals surface area contributed by atoms with E-state index < -0.39 is 13.0 Å². The largest absolute Gasteiger partial charge is 0.375 e. The minimum Gasteiger partial charge on any atom is -0.375 e. The molecule has 0 aliphatic heterocycles. The van der Waals surface area contributed by atoms with Gasteiger partial charge in [0, 0.05) is 26.9 Å². The first-order valence-corrected chi connectivity index (χ1v) is 6.49. The van der Waals surface area contributed by atoms with E-state index in [1.54, 1.807) is 11.3 Å². The highest BCUT2D eigenvalue weighted by Crippen LogP contribution is 2.32. The highest BCUT2D eigenvalue weighted by molar-refractivity contribution is 9.10. The van der Waals surface area contributed by atoms with Crippen molar-refractivity contribution < 1.29 is 13.5 Å². The minimum absolute atomic E-state index is 0.161. The van der Waals surface area contributed by atoms with Crippen LogP contribution in [0.2, 0.25) is 0 Å². The van der Waals surface area contributed by atoms with Crippen LogP contribution in [0.4, 0.5) is 8.78 Å². The molecule has 1 heterocycles. The van der Waals surface area contributed by atoms with E-state index in [1.165, 1.54) is 4.88 Å². The van der Waals surface area contributed by atoms with Gasteiger partial charge in [0.2, 0.25) is 0 Å². The van der Waals surface area contributed by atoms with Crippen LogP contribution in [0, 0.1) is 6.92 Å². The van der Waals surface area contributed by atoms with Gasteiger partial charge in [-0.1, -0.05) is 0 Å². The van der Waals surface area contributed by atoms with Gasteiger partial charge in [-0.05, 0) is 35.3 Å². The lowest BCUT2D eigenvalue weighted by atomic mass is 10.2. The zero-order valence-electron chi connectivity index (χ0n) is 8.88. The van der Waals surface area contributed by atoms with Gasteiger partial charge < -0.3 is 10.5 Å². The van der Waals surface area contributed by atoms with E-state index in [1.807, 2.05) is 13.0 Å². The molecule has 1 aromatic heterocycles. The van der Waals surface area contributed by atoms with E-state index in [2.05, 4.69) is 15.9 Å². The fraction of sp³-hybridized carbons (Fsp3) is 0.600. The standard InChI is InChI=1S/C10H14BrF2NOS/c1-6-4-7(11)10(16-6)8(14)2-3-15-5-9(12)13/h4,8-9H,2-3,5,14H2,1H3. The summed E-state index contributed by atoms with van der Waals surface area (Å²) in [7, 11) is 0. The van der Waals surface area contributed by atoms with Crippen molar-refractivity contribution in [3.63, 3.8) is 0 Å². The predicted octanol–water partition coefficient (Wildman–Crippen LogP) is 3.49. The van der Waals surface area contributed by atoms with E-state index in [4.69, 9.17) is 10.5 Å². The van der Waals surface area contributed by atoms with E-state index in [-0.39, 0.29) is 12.6 Å². The Hall–Kier alpha value is -0.0400. The minimum atomic E-state index is -2.41. The molecule has 0 aliphatic rings. The van der Waals surface area contributed by atoms with Crippen molar-refractivity contribution in [3.8, 4) is 0 Å². The van der Waals surface area contributed by atoms with Crippen LogP contribution in [-0.4, -0.2) is 19.6 Å². The number of hydrogen-bond acceptors (Lipinski definition) is 3. The van der Waals surface area contributed by atoms with Crippen molar-refractivity contribution >= 4 is 27.3 Å². The van der Waals surface area contributed by atoms with Gasteiger partial charge in [0.15, 0.2) is 0 Å². The SMILES string of the molecule is Cc1cc(Br)c(C(N)CCOCC(F)F)s1. The molecule has 1 atom stereocenters. The van der Waals surface area contributed by atoms with E-state index in [0.29, 0.717) is 6.42 Å². The molecular weight excluding hydrogens is 300 g/mol. The third-order valence-electron chi connectivity index (χ3n) is 1.99. The second-order valence-corrected chi connectivity index (χ2v) is 5.57. The van der Waals surface area contributed by atoms with Crippen molar-refractivity contribution in [2.75, 3.05) is 13.2 Å². The maximum absolute atomic E-state index is 11.8. The van der Waals surface area contributed by atoms with Crippen LogP contribution in [0.15, 0.2) is 10.5 Å². The lowest BCUT2D eigenvalue weighted by Crippen LogP contribution is -2.14. The molecule has 0 saturated carbocycles. The van der Waals surface area contributed by atoms with Gasteiger partial charge in [-0.3, -0.25) is 0 Å². The smallest absolute Gasteiger partial charge is 0.261 e. The molecule has 16 heavy (non-hydrogen) atoms. The molecule has 0 bridgehead atoms. The van der Waals surface area contributed by atoms with Crippen molar-refractivity contribution in [2.45, 2.75) is 25.8 Å². The molecule has 0 saturated heterocycles. The number of nitrogens with two attached hydrogens (primary N) is 1. The maximum atomic E-state index is 11.8. The fourth-order valence-electron chi connectivity index (χ4n) is 1.27. The summed E-state index contributed by atoms with van der Waals surface area (Å²) in [6.07, 6.45) is -1.86. The summed E-state index contributed by atoms with van der Waals surface area (Å²) in [6.45, 7) is 1.74. The van der Waals surface area contributed by atoms with Gasteiger partial charge >= 0.3 is 0 Å². The Labute approximate surface area is 106 Å². The number of rotatable bonds is 6. The van der Waals surface area contributed by atoms with Crippen LogP contribution in [0.1, 0.15) is 22.2 Å². The van der Waals surface area contributed by atoms with Crippen LogP contribution < -0.4 is 5.73 Å². The number of hydrogen-bond donors (Lipinski definition) is 1. The monoisotopic (exact) mass is 313 g/mol. The molecule has 2 nitrogen and oxygen atoms in total. The summed E-state index contributed by atoms with van der Waals surface area (Å²) in [6, 6.07) is 1.84. The van der Waals surface area contributed by atoms with Crippen molar-refractivity contribution in [1.82, 2.24) is 0 Å². The average Bonchev–Trinajstić information content (AvgIpc) is 2.52. The Kier molecular flexibility index (Phi) is 5.82. The first kappa shape index (κ1) is 14.0. The third kappa shape index (κ3) is 4.45. The highest BCUT2D eigenvalue weighted by atomic mass is 79.9. The molecule has 1 unspecified atom stereocenters. The topological polar surface area (TPSA) is 35.2 Å². The Morgan fingerprint density at radius 1 is 1.56 bits per heavy atom. The van der Waals surface area contributed by atoms with Crippen molar-refractivity contribution in [1.29, 1.82) is 0 Å². The summed E-state index contributed by atoms with van der Waals surface area (Å²) >= 11 is 5.03. The van der Waals surface area contributed by atoms with Crippen LogP contribution in [-0.2, 0) is 4.74 Å².